The third-order valence-corrected chi connectivity index (χ3v) is 4.62. The van der Waals surface area contributed by atoms with Gasteiger partial charge in [0, 0.05) is 38.7 Å². The number of aliphatic hydroxyl groups excluding tert-OH is 1. The third kappa shape index (κ3) is 6.30. The normalized spacial score (nSPS) is 11.9. The van der Waals surface area contributed by atoms with E-state index in [1.807, 2.05) is 29.8 Å². The molecule has 0 spiro atoms. The Morgan fingerprint density at radius 2 is 2.07 bits per heavy atom. The molecule has 0 aliphatic heterocycles. The molecular weight excluding hydrogens is 377 g/mol. The first kappa shape index (κ1) is 21.3. The molecule has 27 heavy (non-hydrogen) atoms. The van der Waals surface area contributed by atoms with E-state index in [9.17, 15) is 14.5 Å². The summed E-state index contributed by atoms with van der Waals surface area (Å²) in [5.74, 6) is -0.0600. The Morgan fingerprint density at radius 1 is 1.33 bits per heavy atom. The molecule has 0 unspecified atom stereocenters. The number of hydrogen-bond acceptors (Lipinski definition) is 6. The molecule has 0 saturated heterocycles. The molecule has 0 amide bonds. The topological polar surface area (TPSA) is 145 Å². The van der Waals surface area contributed by atoms with Crippen LogP contribution in [0.1, 0.15) is 18.7 Å². The molecule has 0 radical (unpaired) electrons. The molecule has 10 nitrogen and oxygen atoms in total. The lowest BCUT2D eigenvalue weighted by Gasteiger charge is -2.24. The van der Waals surface area contributed by atoms with Crippen molar-refractivity contribution in [1.82, 2.24) is 9.55 Å². The fourth-order valence-electron chi connectivity index (χ4n) is 2.82. The van der Waals surface area contributed by atoms with Crippen LogP contribution >= 0.6 is 7.82 Å². The zero-order chi connectivity index (χ0) is 20.0. The van der Waals surface area contributed by atoms with Gasteiger partial charge in [-0.05, 0) is 24.6 Å². The molecule has 4 N–H and O–H groups in total. The second-order valence-electron chi connectivity index (χ2n) is 6.04. The molecule has 150 valence electrons. The van der Waals surface area contributed by atoms with Gasteiger partial charge < -0.3 is 29.5 Å². The minimum absolute atomic E-state index is 0.0817. The molecule has 1 heterocycles. The number of imidazole rings is 1. The molecule has 0 atom stereocenters. The van der Waals surface area contributed by atoms with Crippen LogP contribution in [0.2, 0.25) is 0 Å². The van der Waals surface area contributed by atoms with Crippen LogP contribution in [0.4, 0.5) is 5.69 Å². The minimum Gasteiger partial charge on any atom is -0.481 e. The van der Waals surface area contributed by atoms with Crippen LogP contribution in [-0.2, 0) is 27.4 Å². The summed E-state index contributed by atoms with van der Waals surface area (Å²) in [6.45, 7) is 0.144. The molecular formula is C16H24N3O7P. The zero-order valence-electron chi connectivity index (χ0n) is 15.0. The van der Waals surface area contributed by atoms with Gasteiger partial charge in [-0.1, -0.05) is 0 Å². The number of aromatic nitrogens is 2. The number of anilines is 1. The smallest absolute Gasteiger partial charge is 0.469 e. The second kappa shape index (κ2) is 9.29. The molecule has 0 bridgehead atoms. The van der Waals surface area contributed by atoms with E-state index in [0.717, 1.165) is 22.5 Å². The Balaban J connectivity index is 2.16. The van der Waals surface area contributed by atoms with E-state index in [0.29, 0.717) is 12.8 Å². The molecule has 11 heteroatoms. The highest BCUT2D eigenvalue weighted by Gasteiger charge is 2.16. The number of carboxylic acids is 1. The summed E-state index contributed by atoms with van der Waals surface area (Å²) in [4.78, 5) is 34.5. The van der Waals surface area contributed by atoms with E-state index in [4.69, 9.17) is 14.9 Å². The highest BCUT2D eigenvalue weighted by atomic mass is 31.2. The summed E-state index contributed by atoms with van der Waals surface area (Å²) in [5.41, 5.74) is 2.35. The van der Waals surface area contributed by atoms with Crippen LogP contribution in [0.15, 0.2) is 18.2 Å². The predicted molar refractivity (Wildman–Crippen MR) is 98.6 cm³/mol. The van der Waals surface area contributed by atoms with Crippen molar-refractivity contribution in [3.8, 4) is 0 Å². The predicted octanol–water partition coefficient (Wildman–Crippen LogP) is 0.889. The quantitative estimate of drug-likeness (QED) is 0.403. The molecule has 0 aliphatic rings. The van der Waals surface area contributed by atoms with Crippen molar-refractivity contribution in [2.75, 3.05) is 31.2 Å². The van der Waals surface area contributed by atoms with Crippen LogP contribution in [-0.4, -0.2) is 61.8 Å². The second-order valence-corrected chi connectivity index (χ2v) is 7.28. The number of benzene rings is 1. The SMILES string of the molecule is Cn1c(CCCC(=O)O)nc2cc(N(CCO)CCOP(=O)(O)O)ccc21. The fraction of sp³-hybridized carbons (Fsp3) is 0.500. The minimum atomic E-state index is -4.54. The van der Waals surface area contributed by atoms with E-state index >= 15 is 0 Å². The maximum Gasteiger partial charge on any atom is 0.469 e. The lowest BCUT2D eigenvalue weighted by molar-refractivity contribution is -0.137. The number of rotatable bonds is 11. The summed E-state index contributed by atoms with van der Waals surface area (Å²) in [7, 11) is -2.67. The number of aryl methyl sites for hydroxylation is 2. The summed E-state index contributed by atoms with van der Waals surface area (Å²) in [6.07, 6.45) is 1.12. The average molecular weight is 401 g/mol. The van der Waals surface area contributed by atoms with Crippen molar-refractivity contribution in [2.45, 2.75) is 19.3 Å². The Hall–Kier alpha value is -1.97. The third-order valence-electron chi connectivity index (χ3n) is 4.10. The number of aliphatic hydroxyl groups is 1. The molecule has 0 saturated carbocycles. The first-order chi connectivity index (χ1) is 12.7. The van der Waals surface area contributed by atoms with Crippen LogP contribution in [0.3, 0.4) is 0 Å². The van der Waals surface area contributed by atoms with Crippen molar-refractivity contribution in [1.29, 1.82) is 0 Å². The van der Waals surface area contributed by atoms with Crippen molar-refractivity contribution in [2.24, 2.45) is 7.05 Å². The number of aliphatic carboxylic acids is 1. The molecule has 0 fully saturated rings. The maximum absolute atomic E-state index is 10.8. The summed E-state index contributed by atoms with van der Waals surface area (Å²) < 4.78 is 17.2. The van der Waals surface area contributed by atoms with E-state index in [2.05, 4.69) is 9.51 Å². The van der Waals surface area contributed by atoms with Gasteiger partial charge in [0.25, 0.3) is 0 Å². The Labute approximate surface area is 156 Å². The van der Waals surface area contributed by atoms with Gasteiger partial charge in [-0.3, -0.25) is 9.32 Å². The van der Waals surface area contributed by atoms with Gasteiger partial charge in [0.05, 0.1) is 24.2 Å². The Morgan fingerprint density at radius 3 is 2.70 bits per heavy atom. The van der Waals surface area contributed by atoms with E-state index in [1.165, 1.54) is 0 Å². The van der Waals surface area contributed by atoms with E-state index < -0.39 is 13.8 Å². The number of fused-ring (bicyclic) bond motifs is 1. The average Bonchev–Trinajstić information content (AvgIpc) is 2.88. The molecule has 1 aromatic carbocycles. The lowest BCUT2D eigenvalue weighted by Crippen LogP contribution is -2.30. The summed E-state index contributed by atoms with van der Waals surface area (Å²) in [6, 6.07) is 5.52. The standard InChI is InChI=1S/C16H24N3O7P/c1-18-14-6-5-12(19(7-9-20)8-10-26-27(23,24)25)11-13(14)17-15(18)3-2-4-16(21)22/h5-6,11,20H,2-4,7-10H2,1H3,(H,21,22)(H2,23,24,25). The number of hydrogen-bond donors (Lipinski definition) is 4. The van der Waals surface area contributed by atoms with E-state index in [-0.39, 0.29) is 32.7 Å². The first-order valence-electron chi connectivity index (χ1n) is 8.44. The van der Waals surface area contributed by atoms with Crippen molar-refractivity contribution >= 4 is 30.5 Å². The number of nitrogens with zero attached hydrogens (tertiary/aromatic N) is 3. The van der Waals surface area contributed by atoms with Crippen LogP contribution < -0.4 is 4.90 Å². The van der Waals surface area contributed by atoms with Crippen molar-refractivity contribution in [3.63, 3.8) is 0 Å². The lowest BCUT2D eigenvalue weighted by atomic mass is 10.2. The van der Waals surface area contributed by atoms with Crippen molar-refractivity contribution < 1.29 is 33.9 Å². The van der Waals surface area contributed by atoms with Crippen LogP contribution in [0.25, 0.3) is 11.0 Å². The maximum atomic E-state index is 10.8. The highest BCUT2D eigenvalue weighted by Crippen LogP contribution is 2.35. The van der Waals surface area contributed by atoms with Crippen molar-refractivity contribution in [3.05, 3.63) is 24.0 Å². The molecule has 2 aromatic rings. The van der Waals surface area contributed by atoms with Crippen LogP contribution in [0, 0.1) is 0 Å². The van der Waals surface area contributed by atoms with Gasteiger partial charge in [-0.25, -0.2) is 9.55 Å². The van der Waals surface area contributed by atoms with Gasteiger partial charge in [-0.15, -0.1) is 0 Å². The number of phosphoric acid groups is 1. The van der Waals surface area contributed by atoms with Crippen LogP contribution in [0.5, 0.6) is 0 Å². The molecule has 2 rings (SSSR count). The highest BCUT2D eigenvalue weighted by molar-refractivity contribution is 7.46. The fourth-order valence-corrected chi connectivity index (χ4v) is 3.14. The van der Waals surface area contributed by atoms with Gasteiger partial charge in [0.15, 0.2) is 0 Å². The summed E-state index contributed by atoms with van der Waals surface area (Å²) in [5, 5.41) is 18.0. The number of carbonyl (C=O) groups is 1. The molecule has 1 aromatic heterocycles. The molecule has 0 aliphatic carbocycles. The van der Waals surface area contributed by atoms with Gasteiger partial charge >= 0.3 is 13.8 Å². The number of carboxylic acid groups (broad SMARTS) is 1. The van der Waals surface area contributed by atoms with Gasteiger partial charge in [0.1, 0.15) is 5.82 Å². The van der Waals surface area contributed by atoms with E-state index in [1.54, 1.807) is 4.90 Å². The Kier molecular flexibility index (Phi) is 7.34. The van der Waals surface area contributed by atoms with Gasteiger partial charge in [0.2, 0.25) is 0 Å². The largest absolute Gasteiger partial charge is 0.481 e. The zero-order valence-corrected chi connectivity index (χ0v) is 15.9. The number of phosphoric ester groups is 1. The monoisotopic (exact) mass is 401 g/mol. The Bertz CT molecular complexity index is 833. The summed E-state index contributed by atoms with van der Waals surface area (Å²) >= 11 is 0. The first-order valence-corrected chi connectivity index (χ1v) is 9.97. The van der Waals surface area contributed by atoms with Gasteiger partial charge in [-0.2, -0.15) is 0 Å².